The number of esters is 1. The molecule has 0 amide bonds. The number of carbonyl (C=O) groups is 1. The maximum Gasteiger partial charge on any atom is 0.338 e. The fourth-order valence-corrected chi connectivity index (χ4v) is 1.46. The molecule has 0 saturated carbocycles. The summed E-state index contributed by atoms with van der Waals surface area (Å²) in [5, 5.41) is 19.3. The highest BCUT2D eigenvalue weighted by atomic mass is 19.1. The number of aliphatic hydroxyl groups excluding tert-OH is 2. The molecule has 1 rings (SSSR count). The highest BCUT2D eigenvalue weighted by Gasteiger charge is 2.28. The number of halogens is 1. The smallest absolute Gasteiger partial charge is 0.338 e. The van der Waals surface area contributed by atoms with Gasteiger partial charge in [0, 0.05) is 0 Å². The Kier molecular flexibility index (Phi) is 4.60. The SMILES string of the molecule is CCOC(=O)C(O)C(O)c1cc(F)ccc1C. The lowest BCUT2D eigenvalue weighted by atomic mass is 9.99. The first-order chi connectivity index (χ1) is 7.97. The van der Waals surface area contributed by atoms with E-state index in [4.69, 9.17) is 0 Å². The van der Waals surface area contributed by atoms with E-state index in [0.29, 0.717) is 5.56 Å². The van der Waals surface area contributed by atoms with Gasteiger partial charge in [-0.3, -0.25) is 0 Å². The largest absolute Gasteiger partial charge is 0.464 e. The number of hydrogen-bond acceptors (Lipinski definition) is 4. The van der Waals surface area contributed by atoms with E-state index in [1.165, 1.54) is 12.1 Å². The van der Waals surface area contributed by atoms with Crippen LogP contribution in [0.2, 0.25) is 0 Å². The Morgan fingerprint density at radius 2 is 2.12 bits per heavy atom. The van der Waals surface area contributed by atoms with E-state index in [-0.39, 0.29) is 12.2 Å². The highest BCUT2D eigenvalue weighted by Crippen LogP contribution is 2.22. The van der Waals surface area contributed by atoms with Crippen LogP contribution in [0.15, 0.2) is 18.2 Å². The third kappa shape index (κ3) is 3.25. The predicted octanol–water partition coefficient (Wildman–Crippen LogP) is 1.09. The van der Waals surface area contributed by atoms with E-state index in [1.807, 2.05) is 0 Å². The number of aryl methyl sites for hydroxylation is 1. The standard InChI is InChI=1S/C12H15FO4/c1-3-17-12(16)11(15)10(14)9-6-8(13)5-4-7(9)2/h4-6,10-11,14-15H,3H2,1-2H3. The molecule has 0 saturated heterocycles. The van der Waals surface area contributed by atoms with Crippen molar-refractivity contribution in [2.24, 2.45) is 0 Å². The molecule has 94 valence electrons. The molecule has 0 bridgehead atoms. The number of rotatable bonds is 4. The molecule has 0 aliphatic rings. The summed E-state index contributed by atoms with van der Waals surface area (Å²) in [6.45, 7) is 3.34. The van der Waals surface area contributed by atoms with Crippen molar-refractivity contribution in [1.29, 1.82) is 0 Å². The van der Waals surface area contributed by atoms with Gasteiger partial charge in [0.05, 0.1) is 6.61 Å². The summed E-state index contributed by atoms with van der Waals surface area (Å²) in [6.07, 6.45) is -3.21. The molecule has 0 aliphatic carbocycles. The minimum Gasteiger partial charge on any atom is -0.464 e. The van der Waals surface area contributed by atoms with Gasteiger partial charge in [-0.05, 0) is 37.1 Å². The number of ether oxygens (including phenoxy) is 1. The van der Waals surface area contributed by atoms with Gasteiger partial charge in [0.2, 0.25) is 0 Å². The number of benzene rings is 1. The van der Waals surface area contributed by atoms with Crippen LogP contribution in [0.4, 0.5) is 4.39 Å². The molecule has 0 heterocycles. The Morgan fingerprint density at radius 3 is 2.71 bits per heavy atom. The van der Waals surface area contributed by atoms with Gasteiger partial charge in [-0.1, -0.05) is 6.07 Å². The quantitative estimate of drug-likeness (QED) is 0.776. The van der Waals surface area contributed by atoms with Crippen molar-refractivity contribution in [3.05, 3.63) is 35.1 Å². The molecule has 17 heavy (non-hydrogen) atoms. The summed E-state index contributed by atoms with van der Waals surface area (Å²) in [5.41, 5.74) is 0.757. The summed E-state index contributed by atoms with van der Waals surface area (Å²) in [5.74, 6) is -1.47. The zero-order valence-electron chi connectivity index (χ0n) is 9.68. The topological polar surface area (TPSA) is 66.8 Å². The molecule has 2 unspecified atom stereocenters. The molecule has 0 spiro atoms. The van der Waals surface area contributed by atoms with Gasteiger partial charge in [0.15, 0.2) is 6.10 Å². The molecule has 1 aromatic rings. The first-order valence-corrected chi connectivity index (χ1v) is 5.26. The molecule has 5 heteroatoms. The molecular formula is C12H15FO4. The average Bonchev–Trinajstić information content (AvgIpc) is 2.30. The monoisotopic (exact) mass is 242 g/mol. The van der Waals surface area contributed by atoms with Crippen LogP contribution in [0.25, 0.3) is 0 Å². The zero-order valence-corrected chi connectivity index (χ0v) is 9.68. The Hall–Kier alpha value is -1.46. The molecule has 2 atom stereocenters. The fraction of sp³-hybridized carbons (Fsp3) is 0.417. The summed E-state index contributed by atoms with van der Waals surface area (Å²) < 4.78 is 17.6. The van der Waals surface area contributed by atoms with Crippen molar-refractivity contribution in [2.45, 2.75) is 26.1 Å². The summed E-state index contributed by atoms with van der Waals surface area (Å²) in [6, 6.07) is 3.79. The Labute approximate surface area is 98.7 Å². The van der Waals surface area contributed by atoms with Crippen molar-refractivity contribution in [2.75, 3.05) is 6.61 Å². The van der Waals surface area contributed by atoms with E-state index in [0.717, 1.165) is 6.07 Å². The second-order valence-corrected chi connectivity index (χ2v) is 3.64. The lowest BCUT2D eigenvalue weighted by Crippen LogP contribution is -2.30. The van der Waals surface area contributed by atoms with E-state index in [2.05, 4.69) is 4.74 Å². The van der Waals surface area contributed by atoms with E-state index in [1.54, 1.807) is 13.8 Å². The summed E-state index contributed by atoms with van der Waals surface area (Å²) >= 11 is 0. The van der Waals surface area contributed by atoms with Crippen LogP contribution in [0.3, 0.4) is 0 Å². The van der Waals surface area contributed by atoms with Crippen LogP contribution >= 0.6 is 0 Å². The number of hydrogen-bond donors (Lipinski definition) is 2. The van der Waals surface area contributed by atoms with Gasteiger partial charge >= 0.3 is 5.97 Å². The predicted molar refractivity (Wildman–Crippen MR) is 58.7 cm³/mol. The van der Waals surface area contributed by atoms with Crippen LogP contribution in [-0.4, -0.2) is 28.9 Å². The summed E-state index contributed by atoms with van der Waals surface area (Å²) in [4.78, 5) is 11.2. The van der Waals surface area contributed by atoms with Crippen molar-refractivity contribution < 1.29 is 24.1 Å². The minimum absolute atomic E-state index is 0.102. The van der Waals surface area contributed by atoms with Gasteiger partial charge in [-0.2, -0.15) is 0 Å². The van der Waals surface area contributed by atoms with Gasteiger partial charge in [-0.15, -0.1) is 0 Å². The molecule has 0 fully saturated rings. The molecule has 1 aromatic carbocycles. The third-order valence-electron chi connectivity index (χ3n) is 2.39. The molecular weight excluding hydrogens is 227 g/mol. The molecule has 2 N–H and O–H groups in total. The van der Waals surface area contributed by atoms with Crippen LogP contribution in [-0.2, 0) is 9.53 Å². The van der Waals surface area contributed by atoms with E-state index < -0.39 is 24.0 Å². The van der Waals surface area contributed by atoms with Crippen molar-refractivity contribution in [1.82, 2.24) is 0 Å². The lowest BCUT2D eigenvalue weighted by molar-refractivity contribution is -0.159. The molecule has 0 aliphatic heterocycles. The van der Waals surface area contributed by atoms with Gasteiger partial charge in [-0.25, -0.2) is 9.18 Å². The third-order valence-corrected chi connectivity index (χ3v) is 2.39. The average molecular weight is 242 g/mol. The maximum absolute atomic E-state index is 13.0. The first kappa shape index (κ1) is 13.6. The van der Waals surface area contributed by atoms with Crippen LogP contribution in [0, 0.1) is 12.7 Å². The fourth-order valence-electron chi connectivity index (χ4n) is 1.46. The number of carbonyl (C=O) groups excluding carboxylic acids is 1. The molecule has 0 radical (unpaired) electrons. The van der Waals surface area contributed by atoms with Gasteiger partial charge < -0.3 is 14.9 Å². The van der Waals surface area contributed by atoms with Crippen molar-refractivity contribution in [3.8, 4) is 0 Å². The molecule has 4 nitrogen and oxygen atoms in total. The second kappa shape index (κ2) is 5.75. The Morgan fingerprint density at radius 1 is 1.47 bits per heavy atom. The van der Waals surface area contributed by atoms with E-state index in [9.17, 15) is 19.4 Å². The van der Waals surface area contributed by atoms with Crippen LogP contribution in [0.1, 0.15) is 24.2 Å². The van der Waals surface area contributed by atoms with Crippen molar-refractivity contribution in [3.63, 3.8) is 0 Å². The van der Waals surface area contributed by atoms with Crippen LogP contribution in [0.5, 0.6) is 0 Å². The number of aliphatic hydroxyl groups is 2. The Balaban J connectivity index is 2.91. The normalized spacial score (nSPS) is 14.2. The van der Waals surface area contributed by atoms with Gasteiger partial charge in [0.1, 0.15) is 11.9 Å². The van der Waals surface area contributed by atoms with Crippen LogP contribution < -0.4 is 0 Å². The zero-order chi connectivity index (χ0) is 13.0. The van der Waals surface area contributed by atoms with Gasteiger partial charge in [0.25, 0.3) is 0 Å². The Bertz CT molecular complexity index is 405. The first-order valence-electron chi connectivity index (χ1n) is 5.26. The summed E-state index contributed by atoms with van der Waals surface area (Å²) in [7, 11) is 0. The maximum atomic E-state index is 13.0. The highest BCUT2D eigenvalue weighted by molar-refractivity contribution is 5.75. The second-order valence-electron chi connectivity index (χ2n) is 3.64. The van der Waals surface area contributed by atoms with E-state index >= 15 is 0 Å². The minimum atomic E-state index is -1.71. The lowest BCUT2D eigenvalue weighted by Gasteiger charge is -2.18. The molecule has 0 aromatic heterocycles. The van der Waals surface area contributed by atoms with Crippen molar-refractivity contribution >= 4 is 5.97 Å².